The number of carbonyl (C=O) groups is 1. The molecule has 0 fully saturated rings. The van der Waals surface area contributed by atoms with Crippen LogP contribution in [0.15, 0.2) is 71.7 Å². The van der Waals surface area contributed by atoms with E-state index in [1.807, 2.05) is 30.3 Å². The lowest BCUT2D eigenvalue weighted by atomic mass is 9.72. The number of fused-ring (bicyclic) bond motifs is 1. The van der Waals surface area contributed by atoms with E-state index in [4.69, 9.17) is 44.5 Å². The van der Waals surface area contributed by atoms with Crippen LogP contribution < -0.4 is 10.1 Å². The van der Waals surface area contributed by atoms with Crippen molar-refractivity contribution in [3.05, 3.63) is 109 Å². The number of amides is 1. The van der Waals surface area contributed by atoms with E-state index in [2.05, 4.69) is 26.1 Å². The summed E-state index contributed by atoms with van der Waals surface area (Å²) in [5.74, 6) is 1.10. The number of benzene rings is 3. The molecule has 212 valence electrons. The molecule has 1 heterocycles. The SMILES string of the molecule is CC(C)(C)[C@@H]1CCc2c(sc(N=Cc3cccc(OCc4ccc(Cl)cc4Cl)c3)c2C(=O)Nc2ccc(Cl)cc2)C1. The number of carbonyl (C=O) groups excluding carboxylic acids is 1. The van der Waals surface area contributed by atoms with Crippen LogP contribution >= 0.6 is 46.1 Å². The molecule has 0 aliphatic heterocycles. The van der Waals surface area contributed by atoms with Gasteiger partial charge < -0.3 is 10.1 Å². The minimum atomic E-state index is -0.150. The maximum Gasteiger partial charge on any atom is 0.259 e. The lowest BCUT2D eigenvalue weighted by molar-refractivity contribution is 0.102. The van der Waals surface area contributed by atoms with Crippen molar-refractivity contribution in [3.8, 4) is 5.75 Å². The van der Waals surface area contributed by atoms with E-state index in [1.165, 1.54) is 4.88 Å². The number of ether oxygens (including phenoxy) is 1. The van der Waals surface area contributed by atoms with Crippen molar-refractivity contribution in [1.82, 2.24) is 0 Å². The molecule has 1 atom stereocenters. The van der Waals surface area contributed by atoms with E-state index in [0.29, 0.717) is 44.6 Å². The third kappa shape index (κ3) is 7.34. The van der Waals surface area contributed by atoms with Gasteiger partial charge in [0.05, 0.1) is 5.56 Å². The maximum absolute atomic E-state index is 13.6. The van der Waals surface area contributed by atoms with Crippen molar-refractivity contribution in [2.24, 2.45) is 16.3 Å². The fourth-order valence-electron chi connectivity index (χ4n) is 4.98. The molecule has 1 N–H and O–H groups in total. The first-order valence-corrected chi connectivity index (χ1v) is 15.4. The minimum absolute atomic E-state index is 0.150. The third-order valence-electron chi connectivity index (χ3n) is 7.40. The highest BCUT2D eigenvalue weighted by molar-refractivity contribution is 7.16. The van der Waals surface area contributed by atoms with Crippen LogP contribution in [0, 0.1) is 11.3 Å². The number of aliphatic imine (C=N–C) groups is 1. The lowest BCUT2D eigenvalue weighted by Gasteiger charge is -2.33. The molecule has 1 aromatic heterocycles. The topological polar surface area (TPSA) is 50.7 Å². The zero-order chi connectivity index (χ0) is 29.1. The summed E-state index contributed by atoms with van der Waals surface area (Å²) in [7, 11) is 0. The van der Waals surface area contributed by atoms with Crippen molar-refractivity contribution in [2.75, 3.05) is 5.32 Å². The second kappa shape index (κ2) is 12.6. The van der Waals surface area contributed by atoms with Crippen molar-refractivity contribution >= 4 is 68.9 Å². The van der Waals surface area contributed by atoms with Gasteiger partial charge in [-0.1, -0.05) is 73.8 Å². The molecule has 0 saturated heterocycles. The smallest absolute Gasteiger partial charge is 0.259 e. The monoisotopic (exact) mass is 624 g/mol. The molecule has 1 aliphatic carbocycles. The highest BCUT2D eigenvalue weighted by Gasteiger charge is 2.33. The van der Waals surface area contributed by atoms with Gasteiger partial charge in [0.2, 0.25) is 0 Å². The molecule has 8 heteroatoms. The van der Waals surface area contributed by atoms with Crippen LogP contribution in [-0.2, 0) is 19.4 Å². The average Bonchev–Trinajstić information content (AvgIpc) is 3.30. The van der Waals surface area contributed by atoms with Crippen molar-refractivity contribution < 1.29 is 9.53 Å². The molecule has 5 rings (SSSR count). The molecule has 4 aromatic rings. The fraction of sp³-hybridized carbons (Fsp3) is 0.273. The van der Waals surface area contributed by atoms with Crippen LogP contribution in [0.3, 0.4) is 0 Å². The fourth-order valence-corrected chi connectivity index (χ4v) is 6.84. The van der Waals surface area contributed by atoms with Gasteiger partial charge in [0.25, 0.3) is 5.91 Å². The van der Waals surface area contributed by atoms with E-state index in [0.717, 1.165) is 41.0 Å². The van der Waals surface area contributed by atoms with E-state index in [9.17, 15) is 4.79 Å². The molecular weight excluding hydrogens is 595 g/mol. The van der Waals surface area contributed by atoms with Crippen LogP contribution in [0.4, 0.5) is 10.7 Å². The zero-order valence-electron chi connectivity index (χ0n) is 23.1. The number of thiophene rings is 1. The van der Waals surface area contributed by atoms with Gasteiger partial charge in [0.15, 0.2) is 0 Å². The normalized spacial score (nSPS) is 15.1. The van der Waals surface area contributed by atoms with Gasteiger partial charge in [0.1, 0.15) is 17.4 Å². The Hall–Kier alpha value is -2.83. The molecule has 3 aromatic carbocycles. The number of hydrogen-bond acceptors (Lipinski definition) is 4. The first-order valence-electron chi connectivity index (χ1n) is 13.5. The standard InChI is InChI=1S/C33H31Cl3N2O2S/c1-33(2,3)22-8-14-27-29(16-22)41-32(30(27)31(39)38-25-12-10-23(34)11-13-25)37-18-20-5-4-6-26(15-20)40-19-21-7-9-24(35)17-28(21)36/h4-7,9-13,15,17-18,22H,8,14,16,19H2,1-3H3,(H,38,39)/t22-/m1/s1. The number of hydrogen-bond donors (Lipinski definition) is 1. The van der Waals surface area contributed by atoms with Crippen molar-refractivity contribution in [3.63, 3.8) is 0 Å². The average molecular weight is 626 g/mol. The quantitative estimate of drug-likeness (QED) is 0.208. The summed E-state index contributed by atoms with van der Waals surface area (Å²) in [6, 6.07) is 20.2. The summed E-state index contributed by atoms with van der Waals surface area (Å²) in [5, 5.41) is 5.54. The van der Waals surface area contributed by atoms with Gasteiger partial charge in [-0.05, 0) is 90.3 Å². The molecule has 0 saturated carbocycles. The Balaban J connectivity index is 1.40. The number of halogens is 3. The van der Waals surface area contributed by atoms with Crippen LogP contribution in [0.25, 0.3) is 0 Å². The number of nitrogens with zero attached hydrogens (tertiary/aromatic N) is 1. The number of anilines is 1. The molecule has 41 heavy (non-hydrogen) atoms. The Kier molecular flexibility index (Phi) is 9.10. The first-order chi connectivity index (χ1) is 19.6. The van der Waals surface area contributed by atoms with E-state index >= 15 is 0 Å². The van der Waals surface area contributed by atoms with E-state index in [1.54, 1.807) is 53.9 Å². The maximum atomic E-state index is 13.6. The van der Waals surface area contributed by atoms with Gasteiger partial charge in [-0.2, -0.15) is 0 Å². The molecular formula is C33H31Cl3N2O2S. The summed E-state index contributed by atoms with van der Waals surface area (Å²) >= 11 is 20.0. The van der Waals surface area contributed by atoms with Gasteiger partial charge in [-0.3, -0.25) is 4.79 Å². The zero-order valence-corrected chi connectivity index (χ0v) is 26.2. The van der Waals surface area contributed by atoms with Gasteiger partial charge in [0, 0.05) is 37.4 Å². The van der Waals surface area contributed by atoms with Crippen molar-refractivity contribution in [2.45, 2.75) is 46.6 Å². The molecule has 1 aliphatic rings. The van der Waals surface area contributed by atoms with Crippen LogP contribution in [0.5, 0.6) is 5.75 Å². The summed E-state index contributed by atoms with van der Waals surface area (Å²) in [6.45, 7) is 7.19. The molecule has 0 radical (unpaired) electrons. The van der Waals surface area contributed by atoms with Crippen LogP contribution in [0.2, 0.25) is 15.1 Å². The summed E-state index contributed by atoms with van der Waals surface area (Å²) in [4.78, 5) is 19.7. The van der Waals surface area contributed by atoms with E-state index < -0.39 is 0 Å². The molecule has 0 spiro atoms. The van der Waals surface area contributed by atoms with Crippen molar-refractivity contribution in [1.29, 1.82) is 0 Å². The first kappa shape index (κ1) is 29.7. The highest BCUT2D eigenvalue weighted by atomic mass is 35.5. The van der Waals surface area contributed by atoms with Gasteiger partial charge in [-0.25, -0.2) is 4.99 Å². The summed E-state index contributed by atoms with van der Waals surface area (Å²) in [5.41, 5.74) is 4.40. The Labute approximate surface area is 260 Å². The Bertz CT molecular complexity index is 1590. The molecule has 0 bridgehead atoms. The second-order valence-electron chi connectivity index (χ2n) is 11.3. The molecule has 1 amide bonds. The third-order valence-corrected chi connectivity index (χ3v) is 9.40. The Morgan fingerprint density at radius 2 is 1.80 bits per heavy atom. The number of nitrogens with one attached hydrogen (secondary N) is 1. The molecule has 0 unspecified atom stereocenters. The van der Waals surface area contributed by atoms with Crippen LogP contribution in [-0.4, -0.2) is 12.1 Å². The minimum Gasteiger partial charge on any atom is -0.489 e. The van der Waals surface area contributed by atoms with Crippen LogP contribution in [0.1, 0.15) is 59.1 Å². The van der Waals surface area contributed by atoms with Gasteiger partial charge >= 0.3 is 0 Å². The predicted molar refractivity (Wildman–Crippen MR) is 173 cm³/mol. The Morgan fingerprint density at radius 1 is 1.05 bits per heavy atom. The lowest BCUT2D eigenvalue weighted by Crippen LogP contribution is -2.27. The molecule has 4 nitrogen and oxygen atoms in total. The predicted octanol–water partition coefficient (Wildman–Crippen LogP) is 10.4. The van der Waals surface area contributed by atoms with E-state index in [-0.39, 0.29) is 11.3 Å². The van der Waals surface area contributed by atoms with Gasteiger partial charge in [-0.15, -0.1) is 11.3 Å². The second-order valence-corrected chi connectivity index (χ2v) is 13.7. The number of rotatable bonds is 7. The highest BCUT2D eigenvalue weighted by Crippen LogP contribution is 2.45. The summed E-state index contributed by atoms with van der Waals surface area (Å²) < 4.78 is 5.99. The largest absolute Gasteiger partial charge is 0.489 e. The summed E-state index contributed by atoms with van der Waals surface area (Å²) in [6.07, 6.45) is 4.66. The Morgan fingerprint density at radius 3 is 2.54 bits per heavy atom.